The number of furan rings is 1. The number of fused-ring (bicyclic) bond motifs is 4. The van der Waals surface area contributed by atoms with Crippen LogP contribution in [-0.4, -0.2) is 4.98 Å². The Balaban J connectivity index is 1.97. The van der Waals surface area contributed by atoms with Crippen molar-refractivity contribution in [3.8, 4) is 11.3 Å². The lowest BCUT2D eigenvalue weighted by Gasteiger charge is -2.10. The van der Waals surface area contributed by atoms with Crippen LogP contribution in [0.2, 0.25) is 0 Å². The fraction of sp³-hybridized carbons (Fsp3) is 0.0455. The Bertz CT molecular complexity index is 1220. The Labute approximate surface area is 139 Å². The minimum Gasteiger partial charge on any atom is -0.461 e. The zero-order valence-corrected chi connectivity index (χ0v) is 13.3. The average molecular weight is 309 g/mol. The number of hydrogen-bond donors (Lipinski definition) is 0. The minimum atomic E-state index is 0.884. The molecule has 114 valence electrons. The van der Waals surface area contributed by atoms with Gasteiger partial charge in [0, 0.05) is 17.1 Å². The summed E-state index contributed by atoms with van der Waals surface area (Å²) >= 11 is 0. The standard InChI is InChI=1S/C22H15NO/c1-14-12-20-21(24-14)10-11-23-22(20)19-13-15-6-2-3-7-16(15)17-8-4-5-9-18(17)19/h2-13H,1H3. The molecule has 0 saturated carbocycles. The number of aryl methyl sites for hydroxylation is 1. The topological polar surface area (TPSA) is 26.0 Å². The van der Waals surface area contributed by atoms with Crippen molar-refractivity contribution in [3.63, 3.8) is 0 Å². The van der Waals surface area contributed by atoms with Gasteiger partial charge in [0.15, 0.2) is 0 Å². The molecule has 0 N–H and O–H groups in total. The van der Waals surface area contributed by atoms with Crippen LogP contribution >= 0.6 is 0 Å². The summed E-state index contributed by atoms with van der Waals surface area (Å²) < 4.78 is 5.79. The molecule has 0 aliphatic heterocycles. The van der Waals surface area contributed by atoms with Crippen LogP contribution in [-0.2, 0) is 0 Å². The van der Waals surface area contributed by atoms with E-state index in [0.717, 1.165) is 28.0 Å². The van der Waals surface area contributed by atoms with Gasteiger partial charge < -0.3 is 4.42 Å². The molecular weight excluding hydrogens is 294 g/mol. The van der Waals surface area contributed by atoms with Crippen molar-refractivity contribution >= 4 is 32.5 Å². The molecule has 2 nitrogen and oxygen atoms in total. The van der Waals surface area contributed by atoms with Gasteiger partial charge in [-0.2, -0.15) is 0 Å². The molecule has 0 atom stereocenters. The molecule has 0 saturated heterocycles. The minimum absolute atomic E-state index is 0.884. The molecule has 2 heteroatoms. The molecule has 0 radical (unpaired) electrons. The highest BCUT2D eigenvalue weighted by Gasteiger charge is 2.13. The first-order valence-corrected chi connectivity index (χ1v) is 8.07. The maximum Gasteiger partial charge on any atom is 0.137 e. The maximum atomic E-state index is 5.79. The van der Waals surface area contributed by atoms with Crippen molar-refractivity contribution in [1.82, 2.24) is 4.98 Å². The van der Waals surface area contributed by atoms with E-state index in [0.29, 0.717) is 0 Å². The summed E-state index contributed by atoms with van der Waals surface area (Å²) in [5, 5.41) is 6.03. The lowest BCUT2D eigenvalue weighted by molar-refractivity contribution is 0.578. The van der Waals surface area contributed by atoms with Gasteiger partial charge in [-0.15, -0.1) is 0 Å². The normalized spacial score (nSPS) is 11.5. The van der Waals surface area contributed by atoms with Gasteiger partial charge in [-0.1, -0.05) is 48.5 Å². The van der Waals surface area contributed by atoms with Gasteiger partial charge in [0.1, 0.15) is 11.3 Å². The van der Waals surface area contributed by atoms with E-state index in [1.165, 1.54) is 21.5 Å². The molecular formula is C22H15NO. The summed E-state index contributed by atoms with van der Waals surface area (Å²) in [5.41, 5.74) is 3.01. The summed E-state index contributed by atoms with van der Waals surface area (Å²) in [6.07, 6.45) is 1.82. The quantitative estimate of drug-likeness (QED) is 0.349. The van der Waals surface area contributed by atoms with Gasteiger partial charge in [0.2, 0.25) is 0 Å². The van der Waals surface area contributed by atoms with Gasteiger partial charge in [0.05, 0.1) is 5.69 Å². The smallest absolute Gasteiger partial charge is 0.137 e. The zero-order valence-electron chi connectivity index (χ0n) is 13.3. The van der Waals surface area contributed by atoms with E-state index in [1.54, 1.807) is 0 Å². The van der Waals surface area contributed by atoms with Crippen LogP contribution in [0.15, 0.2) is 77.3 Å². The highest BCUT2D eigenvalue weighted by atomic mass is 16.3. The fourth-order valence-electron chi connectivity index (χ4n) is 3.55. The molecule has 24 heavy (non-hydrogen) atoms. The molecule has 0 unspecified atom stereocenters. The highest BCUT2D eigenvalue weighted by molar-refractivity contribution is 6.15. The Morgan fingerprint density at radius 1 is 0.750 bits per heavy atom. The second-order valence-corrected chi connectivity index (χ2v) is 6.12. The van der Waals surface area contributed by atoms with Crippen LogP contribution in [0.3, 0.4) is 0 Å². The van der Waals surface area contributed by atoms with Gasteiger partial charge in [0.25, 0.3) is 0 Å². The molecule has 5 aromatic rings. The monoisotopic (exact) mass is 309 g/mol. The third-order valence-electron chi connectivity index (χ3n) is 4.59. The van der Waals surface area contributed by atoms with E-state index in [4.69, 9.17) is 4.42 Å². The first-order valence-electron chi connectivity index (χ1n) is 8.07. The van der Waals surface area contributed by atoms with E-state index in [9.17, 15) is 0 Å². The van der Waals surface area contributed by atoms with Crippen LogP contribution in [0.4, 0.5) is 0 Å². The lowest BCUT2D eigenvalue weighted by Crippen LogP contribution is -1.88. The third-order valence-corrected chi connectivity index (χ3v) is 4.59. The molecule has 3 aromatic carbocycles. The molecule has 2 aromatic heterocycles. The maximum absolute atomic E-state index is 5.79. The van der Waals surface area contributed by atoms with Crippen LogP contribution in [0, 0.1) is 6.92 Å². The summed E-state index contributed by atoms with van der Waals surface area (Å²) in [4.78, 5) is 4.69. The molecule has 0 aliphatic carbocycles. The predicted octanol–water partition coefficient (Wildman–Crippen LogP) is 6.11. The molecule has 0 fully saturated rings. The van der Waals surface area contributed by atoms with Crippen molar-refractivity contribution in [2.24, 2.45) is 0 Å². The number of aromatic nitrogens is 1. The number of hydrogen-bond acceptors (Lipinski definition) is 2. The third kappa shape index (κ3) is 1.86. The van der Waals surface area contributed by atoms with E-state index >= 15 is 0 Å². The summed E-state index contributed by atoms with van der Waals surface area (Å²) in [5.74, 6) is 0.907. The first kappa shape index (κ1) is 13.3. The second kappa shape index (κ2) is 4.93. The highest BCUT2D eigenvalue weighted by Crippen LogP contribution is 2.37. The molecule has 0 amide bonds. The number of benzene rings is 3. The Morgan fingerprint density at radius 3 is 2.38 bits per heavy atom. The average Bonchev–Trinajstić information content (AvgIpc) is 3.01. The van der Waals surface area contributed by atoms with E-state index < -0.39 is 0 Å². The zero-order chi connectivity index (χ0) is 16.1. The van der Waals surface area contributed by atoms with Crippen molar-refractivity contribution in [1.29, 1.82) is 0 Å². The Kier molecular flexibility index (Phi) is 2.74. The SMILES string of the molecule is Cc1cc2c(-c3cc4ccccc4c4ccccc34)nccc2o1. The van der Waals surface area contributed by atoms with Crippen LogP contribution in [0.1, 0.15) is 5.76 Å². The lowest BCUT2D eigenvalue weighted by atomic mass is 9.94. The van der Waals surface area contributed by atoms with Crippen molar-refractivity contribution in [3.05, 3.63) is 78.7 Å². The number of pyridine rings is 1. The molecule has 0 aliphatic rings. The molecule has 5 rings (SSSR count). The van der Waals surface area contributed by atoms with Gasteiger partial charge >= 0.3 is 0 Å². The summed E-state index contributed by atoms with van der Waals surface area (Å²) in [7, 11) is 0. The predicted molar refractivity (Wildman–Crippen MR) is 99.2 cm³/mol. The second-order valence-electron chi connectivity index (χ2n) is 6.12. The van der Waals surface area contributed by atoms with Crippen LogP contribution in [0.25, 0.3) is 43.8 Å². The molecule has 0 spiro atoms. The molecule has 0 bridgehead atoms. The summed E-state index contributed by atoms with van der Waals surface area (Å²) in [6, 6.07) is 23.3. The van der Waals surface area contributed by atoms with E-state index in [-0.39, 0.29) is 0 Å². The van der Waals surface area contributed by atoms with Gasteiger partial charge in [-0.3, -0.25) is 4.98 Å². The number of rotatable bonds is 1. The van der Waals surface area contributed by atoms with E-state index in [1.807, 2.05) is 19.2 Å². The van der Waals surface area contributed by atoms with Crippen LogP contribution in [0.5, 0.6) is 0 Å². The number of nitrogens with zero attached hydrogens (tertiary/aromatic N) is 1. The van der Waals surface area contributed by atoms with E-state index in [2.05, 4.69) is 65.6 Å². The Hall–Kier alpha value is -3.13. The van der Waals surface area contributed by atoms with Crippen LogP contribution < -0.4 is 0 Å². The van der Waals surface area contributed by atoms with Crippen molar-refractivity contribution in [2.75, 3.05) is 0 Å². The summed E-state index contributed by atoms with van der Waals surface area (Å²) in [6.45, 7) is 1.97. The Morgan fingerprint density at radius 2 is 1.50 bits per heavy atom. The van der Waals surface area contributed by atoms with Gasteiger partial charge in [-0.05, 0) is 46.7 Å². The van der Waals surface area contributed by atoms with Crippen molar-refractivity contribution in [2.45, 2.75) is 6.92 Å². The first-order chi connectivity index (χ1) is 11.8. The fourth-order valence-corrected chi connectivity index (χ4v) is 3.55. The van der Waals surface area contributed by atoms with Gasteiger partial charge in [-0.25, -0.2) is 0 Å². The van der Waals surface area contributed by atoms with Crippen molar-refractivity contribution < 1.29 is 4.42 Å². The molecule has 2 heterocycles. The largest absolute Gasteiger partial charge is 0.461 e.